The molecule has 0 spiro atoms. The van der Waals surface area contributed by atoms with Crippen molar-refractivity contribution in [3.8, 4) is 11.5 Å². The van der Waals surface area contributed by atoms with Crippen molar-refractivity contribution in [1.82, 2.24) is 5.32 Å². The Hall–Kier alpha value is -3.84. The van der Waals surface area contributed by atoms with Crippen LogP contribution < -0.4 is 15.4 Å². The van der Waals surface area contributed by atoms with Gasteiger partial charge in [0.1, 0.15) is 5.75 Å². The maximum atomic E-state index is 12.4. The van der Waals surface area contributed by atoms with Gasteiger partial charge in [0, 0.05) is 11.9 Å². The highest BCUT2D eigenvalue weighted by molar-refractivity contribution is 6.30. The summed E-state index contributed by atoms with van der Waals surface area (Å²) < 4.78 is 10.9. The third-order valence-electron chi connectivity index (χ3n) is 4.52. The van der Waals surface area contributed by atoms with Crippen LogP contribution in [0, 0.1) is 0 Å². The van der Waals surface area contributed by atoms with Crippen LogP contribution in [0.1, 0.15) is 24.9 Å². The first-order valence-electron chi connectivity index (χ1n) is 10.2. The van der Waals surface area contributed by atoms with E-state index in [2.05, 4.69) is 10.6 Å². The lowest BCUT2D eigenvalue weighted by molar-refractivity contribution is -0.148. The van der Waals surface area contributed by atoms with Crippen molar-refractivity contribution >= 4 is 35.1 Å². The molecule has 0 aliphatic rings. The van der Waals surface area contributed by atoms with Crippen LogP contribution in [0.4, 0.5) is 5.69 Å². The van der Waals surface area contributed by atoms with Gasteiger partial charge in [0.25, 0.3) is 5.91 Å². The number of rotatable bonds is 9. The fraction of sp³-hybridized carbons (Fsp3) is 0.160. The van der Waals surface area contributed by atoms with E-state index in [9.17, 15) is 14.4 Å². The van der Waals surface area contributed by atoms with E-state index >= 15 is 0 Å². The number of carbonyl (C=O) groups excluding carboxylic acids is 3. The van der Waals surface area contributed by atoms with E-state index in [-0.39, 0.29) is 12.3 Å². The van der Waals surface area contributed by atoms with Crippen molar-refractivity contribution < 1.29 is 23.9 Å². The minimum atomic E-state index is -0.632. The van der Waals surface area contributed by atoms with E-state index in [0.29, 0.717) is 27.8 Å². The van der Waals surface area contributed by atoms with Crippen molar-refractivity contribution in [3.63, 3.8) is 0 Å². The maximum Gasteiger partial charge on any atom is 0.308 e. The van der Waals surface area contributed by atoms with Crippen LogP contribution in [0.2, 0.25) is 5.02 Å². The molecule has 0 bridgehead atoms. The van der Waals surface area contributed by atoms with Gasteiger partial charge in [0.15, 0.2) is 12.4 Å². The van der Waals surface area contributed by atoms with Crippen LogP contribution in [-0.4, -0.2) is 24.4 Å². The molecule has 0 heterocycles. The van der Waals surface area contributed by atoms with Crippen LogP contribution in [0.5, 0.6) is 11.5 Å². The number of hydrogen-bond donors (Lipinski definition) is 2. The minimum Gasteiger partial charge on any atom is -0.455 e. The molecule has 0 fully saturated rings. The lowest BCUT2D eigenvalue weighted by Gasteiger charge is -2.18. The van der Waals surface area contributed by atoms with E-state index < -0.39 is 24.5 Å². The number of anilines is 1. The van der Waals surface area contributed by atoms with E-state index in [1.54, 1.807) is 60.7 Å². The van der Waals surface area contributed by atoms with Gasteiger partial charge in [-0.15, -0.1) is 0 Å². The number of amides is 2. The van der Waals surface area contributed by atoms with Gasteiger partial charge in [-0.05, 0) is 42.0 Å². The van der Waals surface area contributed by atoms with Gasteiger partial charge in [0.05, 0.1) is 18.2 Å². The predicted octanol–water partition coefficient (Wildman–Crippen LogP) is 4.88. The average molecular weight is 467 g/mol. The zero-order valence-electron chi connectivity index (χ0n) is 17.9. The SMILES string of the molecule is CC(=O)NC(CC(=O)OCC(=O)Nc1ccccc1Oc1ccccc1)c1ccc(Cl)cc1. The van der Waals surface area contributed by atoms with Crippen LogP contribution in [-0.2, 0) is 19.1 Å². The number of esters is 1. The van der Waals surface area contributed by atoms with E-state index in [1.165, 1.54) is 6.92 Å². The van der Waals surface area contributed by atoms with Crippen molar-refractivity contribution in [2.75, 3.05) is 11.9 Å². The zero-order chi connectivity index (χ0) is 23.6. The second-order valence-corrected chi connectivity index (χ2v) is 7.57. The molecule has 1 unspecified atom stereocenters. The second kappa shape index (κ2) is 11.7. The molecule has 1 atom stereocenters. The molecule has 33 heavy (non-hydrogen) atoms. The van der Waals surface area contributed by atoms with Crippen LogP contribution >= 0.6 is 11.6 Å². The van der Waals surface area contributed by atoms with Gasteiger partial charge in [-0.1, -0.05) is 54.1 Å². The Morgan fingerprint density at radius 1 is 0.909 bits per heavy atom. The zero-order valence-corrected chi connectivity index (χ0v) is 18.7. The minimum absolute atomic E-state index is 0.137. The molecular formula is C25H23ClN2O5. The molecule has 0 aromatic heterocycles. The normalized spacial score (nSPS) is 11.2. The third-order valence-corrected chi connectivity index (χ3v) is 4.77. The molecule has 0 aliphatic carbocycles. The summed E-state index contributed by atoms with van der Waals surface area (Å²) in [5.74, 6) is -0.369. The van der Waals surface area contributed by atoms with Crippen LogP contribution in [0.25, 0.3) is 0 Å². The molecule has 0 aliphatic heterocycles. The summed E-state index contributed by atoms with van der Waals surface area (Å²) in [6.07, 6.45) is -0.137. The summed E-state index contributed by atoms with van der Waals surface area (Å²) in [6, 6.07) is 22.3. The van der Waals surface area contributed by atoms with Gasteiger partial charge in [-0.2, -0.15) is 0 Å². The van der Waals surface area contributed by atoms with Crippen molar-refractivity contribution in [1.29, 1.82) is 0 Å². The Kier molecular flexibility index (Phi) is 8.43. The van der Waals surface area contributed by atoms with E-state index in [4.69, 9.17) is 21.1 Å². The Morgan fingerprint density at radius 2 is 1.58 bits per heavy atom. The highest BCUT2D eigenvalue weighted by atomic mass is 35.5. The first-order valence-corrected chi connectivity index (χ1v) is 10.6. The maximum absolute atomic E-state index is 12.4. The predicted molar refractivity (Wildman–Crippen MR) is 125 cm³/mol. The molecule has 8 heteroatoms. The van der Waals surface area contributed by atoms with Gasteiger partial charge >= 0.3 is 5.97 Å². The number of para-hydroxylation sites is 3. The van der Waals surface area contributed by atoms with E-state index in [1.807, 2.05) is 18.2 Å². The monoisotopic (exact) mass is 466 g/mol. The van der Waals surface area contributed by atoms with Gasteiger partial charge in [0.2, 0.25) is 5.91 Å². The molecule has 3 aromatic rings. The molecule has 170 valence electrons. The third kappa shape index (κ3) is 7.66. The fourth-order valence-corrected chi connectivity index (χ4v) is 3.15. The number of halogens is 1. The highest BCUT2D eigenvalue weighted by Crippen LogP contribution is 2.29. The molecule has 2 N–H and O–H groups in total. The lowest BCUT2D eigenvalue weighted by Crippen LogP contribution is -2.29. The summed E-state index contributed by atoms with van der Waals surface area (Å²) in [5, 5.41) is 5.93. The fourth-order valence-electron chi connectivity index (χ4n) is 3.02. The van der Waals surface area contributed by atoms with Gasteiger partial charge in [-0.25, -0.2) is 0 Å². The van der Waals surface area contributed by atoms with Gasteiger partial charge < -0.3 is 20.1 Å². The number of nitrogens with one attached hydrogen (secondary N) is 2. The van der Waals surface area contributed by atoms with Crippen LogP contribution in [0.15, 0.2) is 78.9 Å². The highest BCUT2D eigenvalue weighted by Gasteiger charge is 2.19. The second-order valence-electron chi connectivity index (χ2n) is 7.13. The van der Waals surface area contributed by atoms with Crippen molar-refractivity contribution in [2.45, 2.75) is 19.4 Å². The molecule has 0 saturated heterocycles. The lowest BCUT2D eigenvalue weighted by atomic mass is 10.0. The number of ether oxygens (including phenoxy) is 2. The molecule has 0 saturated carbocycles. The van der Waals surface area contributed by atoms with Crippen molar-refractivity contribution in [3.05, 3.63) is 89.4 Å². The Labute approximate surface area is 196 Å². The average Bonchev–Trinajstić information content (AvgIpc) is 2.79. The summed E-state index contributed by atoms with van der Waals surface area (Å²) in [5.41, 5.74) is 1.14. The Balaban J connectivity index is 1.56. The number of benzene rings is 3. The Morgan fingerprint density at radius 3 is 2.27 bits per heavy atom. The molecule has 2 amide bonds. The standard InChI is InChI=1S/C25H23ClN2O5/c1-17(29)27-22(18-11-13-19(26)14-12-18)15-25(31)32-16-24(30)28-21-9-5-6-10-23(21)33-20-7-3-2-4-8-20/h2-14,22H,15-16H2,1H3,(H,27,29)(H,28,30). The smallest absolute Gasteiger partial charge is 0.308 e. The molecule has 7 nitrogen and oxygen atoms in total. The molecule has 0 radical (unpaired) electrons. The van der Waals surface area contributed by atoms with Gasteiger partial charge in [-0.3, -0.25) is 14.4 Å². The molecule has 3 rings (SSSR count). The summed E-state index contributed by atoms with van der Waals surface area (Å²) >= 11 is 5.90. The number of carbonyl (C=O) groups is 3. The molecular weight excluding hydrogens is 444 g/mol. The summed E-state index contributed by atoms with van der Waals surface area (Å²) in [7, 11) is 0. The quantitative estimate of drug-likeness (QED) is 0.438. The summed E-state index contributed by atoms with van der Waals surface area (Å²) in [6.45, 7) is 0.878. The van der Waals surface area contributed by atoms with Crippen molar-refractivity contribution in [2.24, 2.45) is 0 Å². The largest absolute Gasteiger partial charge is 0.455 e. The molecule has 3 aromatic carbocycles. The van der Waals surface area contributed by atoms with Crippen LogP contribution in [0.3, 0.4) is 0 Å². The number of hydrogen-bond acceptors (Lipinski definition) is 5. The van der Waals surface area contributed by atoms with E-state index in [0.717, 1.165) is 0 Å². The first-order chi connectivity index (χ1) is 15.9. The topological polar surface area (TPSA) is 93.7 Å². The Bertz CT molecular complexity index is 1100. The summed E-state index contributed by atoms with van der Waals surface area (Å²) in [4.78, 5) is 36.2. The first kappa shape index (κ1) is 23.8.